The standard InChI is InChI=1S/C13H22O3/c1-9-4-6-11(7-5-9)12(8-14)10(2)13(15)16-3/h9,11,14H,4-8H2,1-3H3. The van der Waals surface area contributed by atoms with E-state index in [0.717, 1.165) is 24.3 Å². The van der Waals surface area contributed by atoms with Gasteiger partial charge in [-0.1, -0.05) is 19.8 Å². The Morgan fingerprint density at radius 1 is 1.31 bits per heavy atom. The number of aliphatic hydroxyl groups excluding tert-OH is 1. The summed E-state index contributed by atoms with van der Waals surface area (Å²) in [7, 11) is 1.38. The summed E-state index contributed by atoms with van der Waals surface area (Å²) < 4.78 is 4.70. The molecule has 0 aromatic rings. The summed E-state index contributed by atoms with van der Waals surface area (Å²) in [6.07, 6.45) is 4.52. The Bertz CT molecular complexity index is 273. The van der Waals surface area contributed by atoms with E-state index in [-0.39, 0.29) is 12.6 Å². The molecule has 1 rings (SSSR count). The Balaban J connectivity index is 2.77. The molecule has 0 bridgehead atoms. The van der Waals surface area contributed by atoms with Crippen molar-refractivity contribution in [3.63, 3.8) is 0 Å². The highest BCUT2D eigenvalue weighted by Crippen LogP contribution is 2.34. The third-order valence-electron chi connectivity index (χ3n) is 3.65. The topological polar surface area (TPSA) is 46.5 Å². The lowest BCUT2D eigenvalue weighted by Crippen LogP contribution is -2.19. The smallest absolute Gasteiger partial charge is 0.333 e. The zero-order valence-electron chi connectivity index (χ0n) is 10.5. The lowest BCUT2D eigenvalue weighted by molar-refractivity contribution is -0.136. The van der Waals surface area contributed by atoms with Crippen LogP contribution in [-0.2, 0) is 9.53 Å². The van der Waals surface area contributed by atoms with E-state index in [1.807, 2.05) is 0 Å². The minimum absolute atomic E-state index is 0.0278. The molecule has 0 saturated heterocycles. The molecule has 0 spiro atoms. The van der Waals surface area contributed by atoms with E-state index >= 15 is 0 Å². The van der Waals surface area contributed by atoms with Crippen molar-refractivity contribution in [2.24, 2.45) is 11.8 Å². The van der Waals surface area contributed by atoms with Gasteiger partial charge in [0.2, 0.25) is 0 Å². The summed E-state index contributed by atoms with van der Waals surface area (Å²) in [4.78, 5) is 11.4. The Hall–Kier alpha value is -0.830. The van der Waals surface area contributed by atoms with Gasteiger partial charge in [-0.15, -0.1) is 0 Å². The van der Waals surface area contributed by atoms with Gasteiger partial charge in [0.1, 0.15) is 0 Å². The Labute approximate surface area is 97.5 Å². The van der Waals surface area contributed by atoms with Crippen LogP contribution in [0.15, 0.2) is 11.1 Å². The number of methoxy groups -OCH3 is 1. The number of hydrogen-bond acceptors (Lipinski definition) is 3. The molecule has 0 amide bonds. The van der Waals surface area contributed by atoms with Crippen LogP contribution in [-0.4, -0.2) is 24.8 Å². The number of rotatable bonds is 3. The molecule has 3 nitrogen and oxygen atoms in total. The van der Waals surface area contributed by atoms with E-state index in [1.54, 1.807) is 6.92 Å². The van der Waals surface area contributed by atoms with Gasteiger partial charge in [-0.3, -0.25) is 0 Å². The van der Waals surface area contributed by atoms with Gasteiger partial charge in [0.15, 0.2) is 0 Å². The molecule has 1 saturated carbocycles. The van der Waals surface area contributed by atoms with Crippen LogP contribution >= 0.6 is 0 Å². The maximum Gasteiger partial charge on any atom is 0.333 e. The first-order valence-electron chi connectivity index (χ1n) is 5.99. The molecule has 0 aliphatic heterocycles. The minimum Gasteiger partial charge on any atom is -0.466 e. The van der Waals surface area contributed by atoms with Crippen LogP contribution in [0.3, 0.4) is 0 Å². The second kappa shape index (κ2) is 6.04. The molecule has 0 radical (unpaired) electrons. The van der Waals surface area contributed by atoms with Crippen LogP contribution in [0.2, 0.25) is 0 Å². The SMILES string of the molecule is COC(=O)C(C)=C(CO)C1CCC(C)CC1. The summed E-state index contributed by atoms with van der Waals surface area (Å²) in [5, 5.41) is 9.39. The van der Waals surface area contributed by atoms with Crippen molar-refractivity contribution in [3.8, 4) is 0 Å². The third-order valence-corrected chi connectivity index (χ3v) is 3.65. The molecular formula is C13H22O3. The molecule has 1 N–H and O–H groups in total. The molecule has 16 heavy (non-hydrogen) atoms. The molecule has 3 heteroatoms. The first kappa shape index (κ1) is 13.2. The predicted octanol–water partition coefficient (Wildman–Crippen LogP) is 2.29. The fourth-order valence-electron chi connectivity index (χ4n) is 2.45. The van der Waals surface area contributed by atoms with Gasteiger partial charge in [-0.25, -0.2) is 4.79 Å². The van der Waals surface area contributed by atoms with Crippen molar-refractivity contribution >= 4 is 5.97 Å². The highest BCUT2D eigenvalue weighted by Gasteiger charge is 2.24. The second-order valence-electron chi connectivity index (χ2n) is 4.76. The molecule has 0 atom stereocenters. The average Bonchev–Trinajstić information content (AvgIpc) is 2.31. The van der Waals surface area contributed by atoms with E-state index in [9.17, 15) is 9.90 Å². The van der Waals surface area contributed by atoms with Crippen LogP contribution in [0.1, 0.15) is 39.5 Å². The average molecular weight is 226 g/mol. The van der Waals surface area contributed by atoms with Crippen molar-refractivity contribution in [3.05, 3.63) is 11.1 Å². The third kappa shape index (κ3) is 3.08. The summed E-state index contributed by atoms with van der Waals surface area (Å²) >= 11 is 0. The monoisotopic (exact) mass is 226 g/mol. The summed E-state index contributed by atoms with van der Waals surface area (Å²) in [5.41, 5.74) is 1.46. The molecule has 1 aliphatic rings. The largest absolute Gasteiger partial charge is 0.466 e. The first-order valence-corrected chi connectivity index (χ1v) is 5.99. The van der Waals surface area contributed by atoms with Crippen molar-refractivity contribution in [2.75, 3.05) is 13.7 Å². The number of hydrogen-bond donors (Lipinski definition) is 1. The molecule has 0 heterocycles. The summed E-state index contributed by atoms with van der Waals surface area (Å²) in [5.74, 6) is 0.817. The van der Waals surface area contributed by atoms with E-state index < -0.39 is 0 Å². The molecule has 92 valence electrons. The van der Waals surface area contributed by atoms with Gasteiger partial charge < -0.3 is 9.84 Å². The maximum atomic E-state index is 11.4. The van der Waals surface area contributed by atoms with Crippen LogP contribution in [0.5, 0.6) is 0 Å². The zero-order chi connectivity index (χ0) is 12.1. The summed E-state index contributed by atoms with van der Waals surface area (Å²) in [6, 6.07) is 0. The molecule has 1 fully saturated rings. The number of ether oxygens (including phenoxy) is 1. The van der Waals surface area contributed by atoms with E-state index in [2.05, 4.69) is 6.92 Å². The Morgan fingerprint density at radius 3 is 2.31 bits per heavy atom. The molecule has 1 aliphatic carbocycles. The van der Waals surface area contributed by atoms with Crippen LogP contribution in [0, 0.1) is 11.8 Å². The van der Waals surface area contributed by atoms with E-state index in [4.69, 9.17) is 4.74 Å². The maximum absolute atomic E-state index is 11.4. The van der Waals surface area contributed by atoms with Crippen LogP contribution in [0.25, 0.3) is 0 Å². The zero-order valence-corrected chi connectivity index (χ0v) is 10.5. The van der Waals surface area contributed by atoms with Gasteiger partial charge in [-0.2, -0.15) is 0 Å². The highest BCUT2D eigenvalue weighted by molar-refractivity contribution is 5.88. The second-order valence-corrected chi connectivity index (χ2v) is 4.76. The Morgan fingerprint density at radius 2 is 1.88 bits per heavy atom. The fraction of sp³-hybridized carbons (Fsp3) is 0.769. The quantitative estimate of drug-likeness (QED) is 0.593. The van der Waals surface area contributed by atoms with Crippen molar-refractivity contribution in [1.82, 2.24) is 0 Å². The van der Waals surface area contributed by atoms with Crippen molar-refractivity contribution < 1.29 is 14.6 Å². The molecular weight excluding hydrogens is 204 g/mol. The van der Waals surface area contributed by atoms with Gasteiger partial charge >= 0.3 is 5.97 Å². The van der Waals surface area contributed by atoms with Gasteiger partial charge in [-0.05, 0) is 37.2 Å². The van der Waals surface area contributed by atoms with Crippen LogP contribution < -0.4 is 0 Å². The van der Waals surface area contributed by atoms with Crippen molar-refractivity contribution in [2.45, 2.75) is 39.5 Å². The lowest BCUT2D eigenvalue weighted by atomic mass is 9.78. The lowest BCUT2D eigenvalue weighted by Gasteiger charge is -2.28. The Kier molecular flexibility index (Phi) is 5.00. The van der Waals surface area contributed by atoms with Gasteiger partial charge in [0, 0.05) is 5.57 Å². The van der Waals surface area contributed by atoms with E-state index in [0.29, 0.717) is 11.5 Å². The highest BCUT2D eigenvalue weighted by atomic mass is 16.5. The molecule has 0 aromatic carbocycles. The number of aliphatic hydroxyl groups is 1. The fourth-order valence-corrected chi connectivity index (χ4v) is 2.45. The minimum atomic E-state index is -0.317. The van der Waals surface area contributed by atoms with Gasteiger partial charge in [0.05, 0.1) is 13.7 Å². The molecule has 0 aromatic heterocycles. The number of carbonyl (C=O) groups excluding carboxylic acids is 1. The van der Waals surface area contributed by atoms with E-state index in [1.165, 1.54) is 20.0 Å². The number of carbonyl (C=O) groups is 1. The molecule has 0 unspecified atom stereocenters. The normalized spacial score (nSPS) is 27.2. The van der Waals surface area contributed by atoms with Crippen LogP contribution in [0.4, 0.5) is 0 Å². The first-order chi connectivity index (χ1) is 7.60. The summed E-state index contributed by atoms with van der Waals surface area (Å²) in [6.45, 7) is 3.97. The van der Waals surface area contributed by atoms with Crippen molar-refractivity contribution in [1.29, 1.82) is 0 Å². The van der Waals surface area contributed by atoms with Gasteiger partial charge in [0.25, 0.3) is 0 Å². The number of esters is 1. The predicted molar refractivity (Wildman–Crippen MR) is 62.9 cm³/mol.